The highest BCUT2D eigenvalue weighted by Crippen LogP contribution is 2.28. The molecule has 0 amide bonds. The van der Waals surface area contributed by atoms with E-state index in [1.54, 1.807) is 0 Å². The molecular formula is C13H18N2O. The van der Waals surface area contributed by atoms with Crippen LogP contribution in [0.3, 0.4) is 0 Å². The van der Waals surface area contributed by atoms with Gasteiger partial charge >= 0.3 is 0 Å². The van der Waals surface area contributed by atoms with Crippen LogP contribution in [0.4, 0.5) is 0 Å². The number of Topliss-reactive ketones (excluding diaryl/α,β-unsaturated/α-hetero) is 1. The van der Waals surface area contributed by atoms with Gasteiger partial charge in [0.05, 0.1) is 0 Å². The standard InChI is InChI=1S/C13H18N2O/c1-14-7-5-10(9-14)15-8-6-11-12(15)3-2-4-13(11)16/h6,8,10H,2-5,7,9H2,1H3. The van der Waals surface area contributed by atoms with E-state index in [0.29, 0.717) is 11.8 Å². The highest BCUT2D eigenvalue weighted by molar-refractivity contribution is 5.98. The minimum atomic E-state index is 0.339. The molecule has 0 bridgehead atoms. The Morgan fingerprint density at radius 2 is 2.25 bits per heavy atom. The van der Waals surface area contributed by atoms with Crippen molar-refractivity contribution in [2.45, 2.75) is 31.7 Å². The van der Waals surface area contributed by atoms with Gasteiger partial charge in [-0.05, 0) is 38.9 Å². The fourth-order valence-electron chi connectivity index (χ4n) is 3.03. The van der Waals surface area contributed by atoms with Crippen molar-refractivity contribution in [2.24, 2.45) is 0 Å². The Bertz CT molecular complexity index is 422. The van der Waals surface area contributed by atoms with Gasteiger partial charge in [-0.2, -0.15) is 0 Å². The highest BCUT2D eigenvalue weighted by Gasteiger charge is 2.26. The van der Waals surface area contributed by atoms with Crippen LogP contribution in [0.2, 0.25) is 0 Å². The number of rotatable bonds is 1. The minimum absolute atomic E-state index is 0.339. The van der Waals surface area contributed by atoms with E-state index in [9.17, 15) is 4.79 Å². The average Bonchev–Trinajstić information content (AvgIpc) is 2.84. The molecule has 1 aliphatic heterocycles. The predicted octanol–water partition coefficient (Wildman–Crippen LogP) is 1.88. The molecule has 1 aliphatic carbocycles. The number of hydrogen-bond acceptors (Lipinski definition) is 2. The number of likely N-dealkylation sites (N-methyl/N-ethyl adjacent to an activating group) is 1. The van der Waals surface area contributed by atoms with Gasteiger partial charge in [-0.25, -0.2) is 0 Å². The lowest BCUT2D eigenvalue weighted by Gasteiger charge is -2.19. The molecule has 1 atom stereocenters. The van der Waals surface area contributed by atoms with Crippen molar-refractivity contribution >= 4 is 5.78 Å². The van der Waals surface area contributed by atoms with Gasteiger partial charge in [-0.3, -0.25) is 4.79 Å². The lowest BCUT2D eigenvalue weighted by molar-refractivity contribution is 0.0971. The number of carbonyl (C=O) groups is 1. The molecule has 16 heavy (non-hydrogen) atoms. The Hall–Kier alpha value is -1.09. The molecule has 1 aromatic heterocycles. The van der Waals surface area contributed by atoms with E-state index in [2.05, 4.69) is 22.7 Å². The quantitative estimate of drug-likeness (QED) is 0.719. The smallest absolute Gasteiger partial charge is 0.164 e. The Balaban J connectivity index is 1.94. The zero-order valence-electron chi connectivity index (χ0n) is 9.78. The number of hydrogen-bond donors (Lipinski definition) is 0. The number of fused-ring (bicyclic) bond motifs is 1. The van der Waals surface area contributed by atoms with Gasteiger partial charge in [0, 0.05) is 36.5 Å². The van der Waals surface area contributed by atoms with Crippen LogP contribution in [0, 0.1) is 0 Å². The topological polar surface area (TPSA) is 25.2 Å². The van der Waals surface area contributed by atoms with Crippen LogP contribution in [-0.2, 0) is 6.42 Å². The van der Waals surface area contributed by atoms with Crippen molar-refractivity contribution in [1.82, 2.24) is 9.47 Å². The van der Waals surface area contributed by atoms with Crippen LogP contribution in [0.25, 0.3) is 0 Å². The summed E-state index contributed by atoms with van der Waals surface area (Å²) in [6.45, 7) is 2.29. The van der Waals surface area contributed by atoms with Gasteiger partial charge in [0.1, 0.15) is 0 Å². The molecule has 2 heterocycles. The molecule has 0 aromatic carbocycles. The first-order valence-electron chi connectivity index (χ1n) is 6.17. The van der Waals surface area contributed by atoms with Crippen LogP contribution in [0.1, 0.15) is 41.4 Å². The summed E-state index contributed by atoms with van der Waals surface area (Å²) < 4.78 is 2.36. The molecule has 1 aromatic rings. The number of carbonyl (C=O) groups excluding carboxylic acids is 1. The van der Waals surface area contributed by atoms with Gasteiger partial charge in [0.25, 0.3) is 0 Å². The maximum absolute atomic E-state index is 11.8. The van der Waals surface area contributed by atoms with Gasteiger partial charge in [0.15, 0.2) is 5.78 Å². The van der Waals surface area contributed by atoms with Crippen LogP contribution in [-0.4, -0.2) is 35.4 Å². The van der Waals surface area contributed by atoms with Crippen LogP contribution in [0.5, 0.6) is 0 Å². The van der Waals surface area contributed by atoms with Crippen molar-refractivity contribution in [3.8, 4) is 0 Å². The fourth-order valence-corrected chi connectivity index (χ4v) is 3.03. The number of nitrogens with zero attached hydrogens (tertiary/aromatic N) is 2. The molecule has 86 valence electrons. The molecule has 3 heteroatoms. The van der Waals surface area contributed by atoms with E-state index in [-0.39, 0.29) is 0 Å². The normalized spacial score (nSPS) is 26.1. The first kappa shape index (κ1) is 10.1. The zero-order valence-corrected chi connectivity index (χ0v) is 9.78. The van der Waals surface area contributed by atoms with Gasteiger partial charge in [-0.1, -0.05) is 0 Å². The van der Waals surface area contributed by atoms with Crippen molar-refractivity contribution in [3.63, 3.8) is 0 Å². The monoisotopic (exact) mass is 218 g/mol. The third-order valence-electron chi connectivity index (χ3n) is 3.90. The summed E-state index contributed by atoms with van der Waals surface area (Å²) in [5.74, 6) is 0.339. The zero-order chi connectivity index (χ0) is 11.1. The third-order valence-corrected chi connectivity index (χ3v) is 3.90. The summed E-state index contributed by atoms with van der Waals surface area (Å²) in [5, 5.41) is 0. The van der Waals surface area contributed by atoms with Crippen molar-refractivity contribution in [1.29, 1.82) is 0 Å². The Kier molecular flexibility index (Phi) is 2.36. The number of likely N-dealkylation sites (tertiary alicyclic amines) is 1. The lowest BCUT2D eigenvalue weighted by atomic mass is 9.96. The summed E-state index contributed by atoms with van der Waals surface area (Å²) in [5.41, 5.74) is 2.28. The highest BCUT2D eigenvalue weighted by atomic mass is 16.1. The van der Waals surface area contributed by atoms with Crippen LogP contribution < -0.4 is 0 Å². The van der Waals surface area contributed by atoms with E-state index in [4.69, 9.17) is 0 Å². The largest absolute Gasteiger partial charge is 0.346 e. The molecule has 3 nitrogen and oxygen atoms in total. The first-order chi connectivity index (χ1) is 7.75. The van der Waals surface area contributed by atoms with Gasteiger partial charge in [0.2, 0.25) is 0 Å². The molecule has 0 N–H and O–H groups in total. The maximum Gasteiger partial charge on any atom is 0.164 e. The van der Waals surface area contributed by atoms with E-state index in [0.717, 1.165) is 31.4 Å². The van der Waals surface area contributed by atoms with E-state index in [1.807, 2.05) is 6.07 Å². The number of ketones is 1. The molecule has 0 spiro atoms. The summed E-state index contributed by atoms with van der Waals surface area (Å²) in [6.07, 6.45) is 6.18. The second-order valence-electron chi connectivity index (χ2n) is 5.06. The molecule has 1 saturated heterocycles. The lowest BCUT2D eigenvalue weighted by Crippen LogP contribution is -2.19. The SMILES string of the molecule is CN1CCC(n2ccc3c2CCCC3=O)C1. The maximum atomic E-state index is 11.8. The van der Waals surface area contributed by atoms with Crippen molar-refractivity contribution < 1.29 is 4.79 Å². The summed E-state index contributed by atoms with van der Waals surface area (Å²) in [4.78, 5) is 14.1. The summed E-state index contributed by atoms with van der Waals surface area (Å²) in [7, 11) is 2.17. The molecule has 2 aliphatic rings. The second-order valence-corrected chi connectivity index (χ2v) is 5.06. The van der Waals surface area contributed by atoms with Gasteiger partial charge in [-0.15, -0.1) is 0 Å². The van der Waals surface area contributed by atoms with Crippen LogP contribution >= 0.6 is 0 Å². The molecule has 0 radical (unpaired) electrons. The van der Waals surface area contributed by atoms with E-state index >= 15 is 0 Å². The van der Waals surface area contributed by atoms with Crippen molar-refractivity contribution in [3.05, 3.63) is 23.5 Å². The average molecular weight is 218 g/mol. The fraction of sp³-hybridized carbons (Fsp3) is 0.615. The van der Waals surface area contributed by atoms with E-state index < -0.39 is 0 Å². The summed E-state index contributed by atoms with van der Waals surface area (Å²) in [6, 6.07) is 2.61. The first-order valence-corrected chi connectivity index (χ1v) is 6.17. The van der Waals surface area contributed by atoms with E-state index in [1.165, 1.54) is 18.7 Å². The Labute approximate surface area is 96.0 Å². The molecule has 1 unspecified atom stereocenters. The molecule has 3 rings (SSSR count). The second kappa shape index (κ2) is 3.74. The molecule has 1 fully saturated rings. The molecular weight excluding hydrogens is 200 g/mol. The van der Waals surface area contributed by atoms with Crippen molar-refractivity contribution in [2.75, 3.05) is 20.1 Å². The Morgan fingerprint density at radius 3 is 3.00 bits per heavy atom. The van der Waals surface area contributed by atoms with Gasteiger partial charge < -0.3 is 9.47 Å². The number of aromatic nitrogens is 1. The summed E-state index contributed by atoms with van der Waals surface area (Å²) >= 11 is 0. The Morgan fingerprint density at radius 1 is 1.38 bits per heavy atom. The van der Waals surface area contributed by atoms with Crippen LogP contribution in [0.15, 0.2) is 12.3 Å². The predicted molar refractivity (Wildman–Crippen MR) is 62.9 cm³/mol. The third kappa shape index (κ3) is 1.50. The minimum Gasteiger partial charge on any atom is -0.346 e. The molecule has 0 saturated carbocycles.